The Morgan fingerprint density at radius 1 is 1.19 bits per heavy atom. The third kappa shape index (κ3) is 3.64. The molecule has 0 amide bonds. The van der Waals surface area contributed by atoms with E-state index in [0.717, 1.165) is 42.6 Å². The first-order valence-corrected chi connectivity index (χ1v) is 9.42. The van der Waals surface area contributed by atoms with Gasteiger partial charge in [-0.05, 0) is 36.8 Å². The van der Waals surface area contributed by atoms with Gasteiger partial charge in [0.2, 0.25) is 0 Å². The standard InChI is InChI=1S/C20H27N5O2/c1-26-15-4-5-16(17(8-15)27-2)24-18-9-19(23-13-22-18)25-11-14(21)10-20(12-25)6-3-7-20/h4-5,8-9,13-14H,3,6-7,10-12,21H2,1-2H3,(H,22,23,24). The Morgan fingerprint density at radius 3 is 2.74 bits per heavy atom. The lowest BCUT2D eigenvalue weighted by molar-refractivity contribution is 0.0972. The number of benzene rings is 1. The second-order valence-electron chi connectivity index (χ2n) is 7.65. The van der Waals surface area contributed by atoms with Crippen molar-refractivity contribution in [3.05, 3.63) is 30.6 Å². The smallest absolute Gasteiger partial charge is 0.146 e. The number of methoxy groups -OCH3 is 2. The third-order valence-electron chi connectivity index (χ3n) is 5.74. The number of anilines is 3. The quantitative estimate of drug-likeness (QED) is 0.838. The minimum atomic E-state index is 0.201. The maximum absolute atomic E-state index is 6.35. The van der Waals surface area contributed by atoms with E-state index < -0.39 is 0 Å². The Morgan fingerprint density at radius 2 is 2.04 bits per heavy atom. The van der Waals surface area contributed by atoms with Gasteiger partial charge in [-0.2, -0.15) is 0 Å². The molecule has 1 saturated heterocycles. The molecule has 0 radical (unpaired) electrons. The summed E-state index contributed by atoms with van der Waals surface area (Å²) >= 11 is 0. The summed E-state index contributed by atoms with van der Waals surface area (Å²) in [6, 6.07) is 7.83. The molecule has 2 heterocycles. The number of aromatic nitrogens is 2. The zero-order valence-corrected chi connectivity index (χ0v) is 15.9. The van der Waals surface area contributed by atoms with Gasteiger partial charge in [-0.25, -0.2) is 9.97 Å². The molecule has 2 aromatic rings. The summed E-state index contributed by atoms with van der Waals surface area (Å²) < 4.78 is 10.7. The van der Waals surface area contributed by atoms with E-state index in [-0.39, 0.29) is 6.04 Å². The van der Waals surface area contributed by atoms with Crippen molar-refractivity contribution < 1.29 is 9.47 Å². The number of nitrogens with two attached hydrogens (primary N) is 1. The fourth-order valence-corrected chi connectivity index (χ4v) is 4.28. The van der Waals surface area contributed by atoms with E-state index in [1.54, 1.807) is 20.5 Å². The Balaban J connectivity index is 1.54. The van der Waals surface area contributed by atoms with Crippen LogP contribution in [0.25, 0.3) is 0 Å². The van der Waals surface area contributed by atoms with Crippen molar-refractivity contribution in [2.75, 3.05) is 37.5 Å². The minimum Gasteiger partial charge on any atom is -0.497 e. The molecular formula is C20H27N5O2. The van der Waals surface area contributed by atoms with Crippen molar-refractivity contribution in [2.45, 2.75) is 31.7 Å². The summed E-state index contributed by atoms with van der Waals surface area (Å²) in [6.07, 6.45) is 6.59. The summed E-state index contributed by atoms with van der Waals surface area (Å²) in [5, 5.41) is 3.32. The highest BCUT2D eigenvalue weighted by Crippen LogP contribution is 2.47. The van der Waals surface area contributed by atoms with Crippen molar-refractivity contribution in [3.8, 4) is 11.5 Å². The van der Waals surface area contributed by atoms with Crippen LogP contribution >= 0.6 is 0 Å². The molecule has 3 N–H and O–H groups in total. The van der Waals surface area contributed by atoms with Gasteiger partial charge in [-0.1, -0.05) is 6.42 Å². The van der Waals surface area contributed by atoms with Crippen molar-refractivity contribution >= 4 is 17.3 Å². The summed E-state index contributed by atoms with van der Waals surface area (Å²) in [5.41, 5.74) is 7.56. The highest BCUT2D eigenvalue weighted by molar-refractivity contribution is 5.67. The van der Waals surface area contributed by atoms with E-state index in [0.29, 0.717) is 11.2 Å². The van der Waals surface area contributed by atoms with Gasteiger partial charge in [0.15, 0.2) is 0 Å². The summed E-state index contributed by atoms with van der Waals surface area (Å²) in [4.78, 5) is 11.2. The van der Waals surface area contributed by atoms with Gasteiger partial charge in [-0.3, -0.25) is 0 Å². The van der Waals surface area contributed by atoms with Crippen molar-refractivity contribution in [1.29, 1.82) is 0 Å². The van der Waals surface area contributed by atoms with Gasteiger partial charge in [0.05, 0.1) is 19.9 Å². The molecule has 1 unspecified atom stereocenters. The Bertz CT molecular complexity index is 809. The van der Waals surface area contributed by atoms with Crippen LogP contribution in [-0.4, -0.2) is 43.3 Å². The molecule has 144 valence electrons. The van der Waals surface area contributed by atoms with E-state index >= 15 is 0 Å². The second kappa shape index (κ2) is 7.23. The van der Waals surface area contributed by atoms with Gasteiger partial charge in [0.1, 0.15) is 29.5 Å². The van der Waals surface area contributed by atoms with E-state index in [9.17, 15) is 0 Å². The maximum atomic E-state index is 6.35. The molecule has 1 aliphatic heterocycles. The molecule has 1 atom stereocenters. The molecule has 0 bridgehead atoms. The maximum Gasteiger partial charge on any atom is 0.146 e. The first-order chi connectivity index (χ1) is 13.1. The Kier molecular flexibility index (Phi) is 4.78. The first-order valence-electron chi connectivity index (χ1n) is 9.42. The monoisotopic (exact) mass is 369 g/mol. The lowest BCUT2D eigenvalue weighted by atomic mass is 9.63. The van der Waals surface area contributed by atoms with E-state index in [1.165, 1.54) is 19.3 Å². The number of piperidine rings is 1. The van der Waals surface area contributed by atoms with E-state index in [1.807, 2.05) is 24.3 Å². The summed E-state index contributed by atoms with van der Waals surface area (Å²) in [7, 11) is 3.27. The topological polar surface area (TPSA) is 85.5 Å². The number of nitrogens with one attached hydrogen (secondary N) is 1. The normalized spacial score (nSPS) is 20.9. The van der Waals surface area contributed by atoms with Gasteiger partial charge in [0.25, 0.3) is 0 Å². The first kappa shape index (κ1) is 17.9. The molecule has 2 aliphatic rings. The average molecular weight is 369 g/mol. The van der Waals surface area contributed by atoms with E-state index in [4.69, 9.17) is 15.2 Å². The lowest BCUT2D eigenvalue weighted by Crippen LogP contribution is -2.55. The number of nitrogens with zero attached hydrogens (tertiary/aromatic N) is 3. The zero-order valence-electron chi connectivity index (χ0n) is 15.9. The van der Waals surface area contributed by atoms with Gasteiger partial charge < -0.3 is 25.4 Å². The van der Waals surface area contributed by atoms with Gasteiger partial charge in [-0.15, -0.1) is 0 Å². The second-order valence-corrected chi connectivity index (χ2v) is 7.65. The lowest BCUT2D eigenvalue weighted by Gasteiger charge is -2.51. The van der Waals surface area contributed by atoms with Crippen LogP contribution in [0.3, 0.4) is 0 Å². The number of ether oxygens (including phenoxy) is 2. The van der Waals surface area contributed by atoms with Crippen molar-refractivity contribution in [2.24, 2.45) is 11.1 Å². The molecule has 1 spiro atoms. The molecule has 4 rings (SSSR count). The van der Waals surface area contributed by atoms with Crippen LogP contribution in [0.15, 0.2) is 30.6 Å². The highest BCUT2D eigenvalue weighted by atomic mass is 16.5. The fourth-order valence-electron chi connectivity index (χ4n) is 4.28. The van der Waals surface area contributed by atoms with Crippen molar-refractivity contribution in [3.63, 3.8) is 0 Å². The van der Waals surface area contributed by atoms with Crippen LogP contribution in [0.2, 0.25) is 0 Å². The van der Waals surface area contributed by atoms with Crippen molar-refractivity contribution in [1.82, 2.24) is 9.97 Å². The van der Waals surface area contributed by atoms with Crippen LogP contribution in [0.1, 0.15) is 25.7 Å². The number of hydrogen-bond donors (Lipinski definition) is 2. The van der Waals surface area contributed by atoms with Crippen LogP contribution in [0, 0.1) is 5.41 Å². The van der Waals surface area contributed by atoms with Gasteiger partial charge >= 0.3 is 0 Å². The highest BCUT2D eigenvalue weighted by Gasteiger charge is 2.43. The minimum absolute atomic E-state index is 0.201. The molecule has 1 aromatic carbocycles. The number of rotatable bonds is 5. The number of hydrogen-bond acceptors (Lipinski definition) is 7. The van der Waals surface area contributed by atoms with E-state index in [2.05, 4.69) is 20.2 Å². The van der Waals surface area contributed by atoms with Crippen LogP contribution in [0.5, 0.6) is 11.5 Å². The Labute approximate surface area is 159 Å². The molecule has 2 fully saturated rings. The molecule has 27 heavy (non-hydrogen) atoms. The average Bonchev–Trinajstić information content (AvgIpc) is 2.67. The largest absolute Gasteiger partial charge is 0.497 e. The summed E-state index contributed by atoms with van der Waals surface area (Å²) in [6.45, 7) is 1.87. The Hall–Kier alpha value is -2.54. The van der Waals surface area contributed by atoms with Gasteiger partial charge in [0, 0.05) is 31.3 Å². The molecule has 1 saturated carbocycles. The predicted octanol–water partition coefficient (Wildman–Crippen LogP) is 2.95. The zero-order chi connectivity index (χ0) is 18.9. The molecular weight excluding hydrogens is 342 g/mol. The third-order valence-corrected chi connectivity index (χ3v) is 5.74. The molecule has 7 nitrogen and oxygen atoms in total. The van der Waals surface area contributed by atoms with Crippen LogP contribution in [0.4, 0.5) is 17.3 Å². The molecule has 1 aliphatic carbocycles. The van der Waals surface area contributed by atoms with Crippen LogP contribution < -0.4 is 25.4 Å². The predicted molar refractivity (Wildman–Crippen MR) is 106 cm³/mol. The fraction of sp³-hybridized carbons (Fsp3) is 0.500. The molecule has 1 aromatic heterocycles. The summed E-state index contributed by atoms with van der Waals surface area (Å²) in [5.74, 6) is 3.09. The van der Waals surface area contributed by atoms with Crippen LogP contribution in [-0.2, 0) is 0 Å². The SMILES string of the molecule is COc1ccc(Nc2cc(N3CC(N)CC4(CCC4)C3)ncn2)c(OC)c1. The molecule has 7 heteroatoms.